The summed E-state index contributed by atoms with van der Waals surface area (Å²) in [5.41, 5.74) is 0.608. The summed E-state index contributed by atoms with van der Waals surface area (Å²) in [6.45, 7) is 0. The lowest BCUT2D eigenvalue weighted by molar-refractivity contribution is -0.122. The first-order valence-electron chi connectivity index (χ1n) is 7.30. The highest BCUT2D eigenvalue weighted by atomic mass is 32.2. The van der Waals surface area contributed by atoms with Crippen molar-refractivity contribution in [2.75, 3.05) is 11.1 Å². The molecule has 3 aromatic rings. The number of nitrogens with zero attached hydrogens (tertiary/aromatic N) is 4. The summed E-state index contributed by atoms with van der Waals surface area (Å²) in [5.74, 6) is 1.76. The molecule has 0 saturated heterocycles. The van der Waals surface area contributed by atoms with Gasteiger partial charge in [-0.2, -0.15) is 5.10 Å². The Balaban J connectivity index is 1.43. The molecule has 1 aromatic carbocycles. The van der Waals surface area contributed by atoms with Crippen molar-refractivity contribution in [3.8, 4) is 11.6 Å². The zero-order chi connectivity index (χ0) is 16.4. The topological polar surface area (TPSA) is 81.9 Å². The quantitative estimate of drug-likeness (QED) is 0.787. The molecule has 0 bridgehead atoms. The molecule has 1 N–H and O–H groups in total. The number of carbonyl (C=O) groups is 1. The van der Waals surface area contributed by atoms with Crippen LogP contribution < -0.4 is 10.1 Å². The van der Waals surface area contributed by atoms with Crippen molar-refractivity contribution in [2.24, 2.45) is 0 Å². The van der Waals surface area contributed by atoms with Crippen LogP contribution in [0.5, 0.6) is 5.75 Å². The van der Waals surface area contributed by atoms with Gasteiger partial charge < -0.3 is 10.1 Å². The summed E-state index contributed by atoms with van der Waals surface area (Å²) in [7, 11) is 0. The zero-order valence-corrected chi connectivity index (χ0v) is 13.3. The maximum absolute atomic E-state index is 12.4. The van der Waals surface area contributed by atoms with E-state index in [0.29, 0.717) is 17.3 Å². The number of benzene rings is 1. The molecular weight excluding hydrogens is 326 g/mol. The lowest BCUT2D eigenvalue weighted by Crippen LogP contribution is -2.36. The third kappa shape index (κ3) is 2.95. The van der Waals surface area contributed by atoms with Crippen molar-refractivity contribution in [1.82, 2.24) is 19.7 Å². The van der Waals surface area contributed by atoms with Gasteiger partial charge in [0.05, 0.1) is 11.9 Å². The van der Waals surface area contributed by atoms with Crippen LogP contribution in [-0.4, -0.2) is 37.5 Å². The van der Waals surface area contributed by atoms with Gasteiger partial charge in [0.15, 0.2) is 11.9 Å². The number of aromatic nitrogens is 4. The second-order valence-corrected chi connectivity index (χ2v) is 6.16. The van der Waals surface area contributed by atoms with Crippen LogP contribution in [0.15, 0.2) is 60.1 Å². The van der Waals surface area contributed by atoms with Crippen LogP contribution in [0.1, 0.15) is 0 Å². The van der Waals surface area contributed by atoms with Gasteiger partial charge in [-0.3, -0.25) is 4.79 Å². The van der Waals surface area contributed by atoms with Gasteiger partial charge in [0.1, 0.15) is 18.4 Å². The van der Waals surface area contributed by atoms with E-state index in [0.717, 1.165) is 10.6 Å². The van der Waals surface area contributed by atoms with E-state index < -0.39 is 6.10 Å². The number of hydrogen-bond acceptors (Lipinski definition) is 6. The minimum atomic E-state index is -0.528. The fraction of sp³-hybridized carbons (Fsp3) is 0.125. The number of hydrogen-bond donors (Lipinski definition) is 1. The first-order chi connectivity index (χ1) is 11.8. The van der Waals surface area contributed by atoms with E-state index in [1.807, 2.05) is 24.3 Å². The van der Waals surface area contributed by atoms with Crippen LogP contribution in [0, 0.1) is 0 Å². The molecule has 4 rings (SSSR count). The van der Waals surface area contributed by atoms with Crippen LogP contribution in [0.4, 0.5) is 5.69 Å². The summed E-state index contributed by atoms with van der Waals surface area (Å²) in [5, 5.41) is 6.83. The van der Waals surface area contributed by atoms with E-state index in [2.05, 4.69) is 20.4 Å². The molecule has 1 atom stereocenters. The molecule has 0 saturated carbocycles. The Morgan fingerprint density at radius 1 is 1.29 bits per heavy atom. The van der Waals surface area contributed by atoms with Crippen LogP contribution in [0.2, 0.25) is 0 Å². The molecule has 0 spiro atoms. The van der Waals surface area contributed by atoms with Crippen molar-refractivity contribution < 1.29 is 9.53 Å². The Bertz CT molecular complexity index is 851. The Kier molecular flexibility index (Phi) is 3.87. The monoisotopic (exact) mass is 339 g/mol. The number of pyridine rings is 1. The molecule has 3 heterocycles. The third-order valence-electron chi connectivity index (χ3n) is 3.47. The van der Waals surface area contributed by atoms with E-state index >= 15 is 0 Å². The predicted molar refractivity (Wildman–Crippen MR) is 89.4 cm³/mol. The third-order valence-corrected chi connectivity index (χ3v) is 4.59. The summed E-state index contributed by atoms with van der Waals surface area (Å²) in [6.07, 6.45) is 4.05. The molecule has 24 heavy (non-hydrogen) atoms. The number of para-hydroxylation sites is 1. The summed E-state index contributed by atoms with van der Waals surface area (Å²) >= 11 is 1.62. The lowest BCUT2D eigenvalue weighted by Gasteiger charge is -2.24. The summed E-state index contributed by atoms with van der Waals surface area (Å²) < 4.78 is 7.32. The number of fused-ring (bicyclic) bond motifs is 1. The Hall–Kier alpha value is -2.87. The number of amides is 1. The number of ether oxygens (including phenoxy) is 1. The molecule has 2 aromatic heterocycles. The highest BCUT2D eigenvalue weighted by molar-refractivity contribution is 7.99. The van der Waals surface area contributed by atoms with E-state index in [4.69, 9.17) is 4.74 Å². The molecule has 8 heteroatoms. The SMILES string of the molecule is O=C(Nc1ccc(-n2cncn2)nc1)C1CSc2ccccc2O1. The number of anilines is 1. The summed E-state index contributed by atoms with van der Waals surface area (Å²) in [6, 6.07) is 11.2. The first-order valence-corrected chi connectivity index (χ1v) is 8.28. The van der Waals surface area contributed by atoms with Gasteiger partial charge in [-0.1, -0.05) is 12.1 Å². The minimum absolute atomic E-state index is 0.188. The standard InChI is InChI=1S/C16H13N5O2S/c22-16(13-8-24-14-4-2-1-3-12(14)23-13)20-11-5-6-15(18-7-11)21-10-17-9-19-21/h1-7,9-10,13H,8H2,(H,20,22). The molecular formula is C16H13N5O2S. The van der Waals surface area contributed by atoms with Crippen molar-refractivity contribution in [2.45, 2.75) is 11.0 Å². The van der Waals surface area contributed by atoms with Crippen molar-refractivity contribution in [3.05, 3.63) is 55.2 Å². The lowest BCUT2D eigenvalue weighted by atomic mass is 10.3. The second kappa shape index (κ2) is 6.32. The zero-order valence-electron chi connectivity index (χ0n) is 12.5. The molecule has 1 unspecified atom stereocenters. The molecule has 1 amide bonds. The Morgan fingerprint density at radius 2 is 2.21 bits per heavy atom. The van der Waals surface area contributed by atoms with E-state index in [-0.39, 0.29) is 5.91 Å². The number of carbonyl (C=O) groups excluding carboxylic acids is 1. The van der Waals surface area contributed by atoms with Crippen LogP contribution >= 0.6 is 11.8 Å². The fourth-order valence-electron chi connectivity index (χ4n) is 2.29. The molecule has 0 aliphatic carbocycles. The molecule has 1 aliphatic heterocycles. The average Bonchev–Trinajstić information content (AvgIpc) is 3.16. The van der Waals surface area contributed by atoms with E-state index in [9.17, 15) is 4.79 Å². The van der Waals surface area contributed by atoms with Crippen LogP contribution in [0.3, 0.4) is 0 Å². The van der Waals surface area contributed by atoms with Gasteiger partial charge in [-0.25, -0.2) is 14.6 Å². The maximum Gasteiger partial charge on any atom is 0.266 e. The van der Waals surface area contributed by atoms with Crippen molar-refractivity contribution in [1.29, 1.82) is 0 Å². The number of nitrogens with one attached hydrogen (secondary N) is 1. The minimum Gasteiger partial charge on any atom is -0.479 e. The average molecular weight is 339 g/mol. The van der Waals surface area contributed by atoms with E-state index in [1.165, 1.54) is 6.33 Å². The molecule has 1 aliphatic rings. The number of rotatable bonds is 3. The Morgan fingerprint density at radius 3 is 3.00 bits per heavy atom. The van der Waals surface area contributed by atoms with Gasteiger partial charge in [-0.05, 0) is 24.3 Å². The van der Waals surface area contributed by atoms with Gasteiger partial charge in [0, 0.05) is 10.6 Å². The number of thioether (sulfide) groups is 1. The normalized spacial score (nSPS) is 16.1. The first kappa shape index (κ1) is 14.7. The van der Waals surface area contributed by atoms with Crippen LogP contribution in [-0.2, 0) is 4.79 Å². The van der Waals surface area contributed by atoms with Gasteiger partial charge in [0.2, 0.25) is 0 Å². The fourth-order valence-corrected chi connectivity index (χ4v) is 3.28. The summed E-state index contributed by atoms with van der Waals surface area (Å²) in [4.78, 5) is 21.6. The highest BCUT2D eigenvalue weighted by Gasteiger charge is 2.26. The molecule has 120 valence electrons. The van der Waals surface area contributed by atoms with Gasteiger partial charge in [0.25, 0.3) is 5.91 Å². The molecule has 7 nitrogen and oxygen atoms in total. The predicted octanol–water partition coefficient (Wildman–Crippen LogP) is 2.15. The van der Waals surface area contributed by atoms with E-state index in [1.54, 1.807) is 41.1 Å². The largest absolute Gasteiger partial charge is 0.479 e. The van der Waals surface area contributed by atoms with Crippen molar-refractivity contribution in [3.63, 3.8) is 0 Å². The smallest absolute Gasteiger partial charge is 0.266 e. The second-order valence-electron chi connectivity index (χ2n) is 5.10. The molecule has 0 radical (unpaired) electrons. The Labute approximate surface area is 142 Å². The maximum atomic E-state index is 12.4. The van der Waals surface area contributed by atoms with Gasteiger partial charge >= 0.3 is 0 Å². The van der Waals surface area contributed by atoms with Crippen molar-refractivity contribution >= 4 is 23.4 Å². The van der Waals surface area contributed by atoms with Gasteiger partial charge in [-0.15, -0.1) is 11.8 Å². The molecule has 0 fully saturated rings. The van der Waals surface area contributed by atoms with Crippen LogP contribution in [0.25, 0.3) is 5.82 Å². The highest BCUT2D eigenvalue weighted by Crippen LogP contribution is 2.35.